The average Bonchev–Trinajstić information content (AvgIpc) is 2.81. The van der Waals surface area contributed by atoms with E-state index in [0.717, 1.165) is 29.5 Å². The Hall–Kier alpha value is -0.570. The molecule has 0 unspecified atom stereocenters. The lowest BCUT2D eigenvalue weighted by molar-refractivity contribution is -0.385. The maximum Gasteiger partial charge on any atom is 0.336 e. The van der Waals surface area contributed by atoms with E-state index in [1.165, 1.54) is 7.11 Å². The Morgan fingerprint density at radius 2 is 2.11 bits per heavy atom. The Morgan fingerprint density at radius 3 is 2.61 bits per heavy atom. The molecule has 0 amide bonds. The second kappa shape index (κ2) is 5.60. The molecule has 5 nitrogen and oxygen atoms in total. The first kappa shape index (κ1) is 13.9. The number of halogens is 2. The molecule has 2 rings (SSSR count). The van der Waals surface area contributed by atoms with Crippen molar-refractivity contribution in [3.63, 3.8) is 0 Å². The van der Waals surface area contributed by atoms with E-state index in [1.807, 2.05) is 6.07 Å². The van der Waals surface area contributed by atoms with E-state index in [9.17, 15) is 10.1 Å². The van der Waals surface area contributed by atoms with Crippen LogP contribution in [-0.2, 0) is 0 Å². The molecule has 1 aromatic carbocycles. The molecule has 1 aliphatic heterocycles. The molecular formula is C11H12BrIN2O3. The van der Waals surface area contributed by atoms with E-state index in [4.69, 9.17) is 4.74 Å². The Bertz CT molecular complexity index is 490. The van der Waals surface area contributed by atoms with E-state index < -0.39 is 0 Å². The lowest BCUT2D eigenvalue weighted by Crippen LogP contribution is -2.20. The number of hydrogen-bond acceptors (Lipinski definition) is 4. The van der Waals surface area contributed by atoms with Crippen LogP contribution < -0.4 is 9.64 Å². The molecule has 1 aromatic rings. The van der Waals surface area contributed by atoms with E-state index in [-0.39, 0.29) is 10.6 Å². The molecule has 1 aliphatic rings. The number of methoxy groups -OCH3 is 1. The minimum Gasteiger partial charge on any atom is -0.489 e. The highest BCUT2D eigenvalue weighted by molar-refractivity contribution is 14.1. The Labute approximate surface area is 127 Å². The molecule has 1 saturated heterocycles. The summed E-state index contributed by atoms with van der Waals surface area (Å²) in [4.78, 5) is 13.0. The van der Waals surface area contributed by atoms with Crippen molar-refractivity contribution in [2.75, 3.05) is 25.1 Å². The third kappa shape index (κ3) is 2.42. The number of ether oxygens (including phenoxy) is 1. The maximum atomic E-state index is 11.3. The molecule has 18 heavy (non-hydrogen) atoms. The van der Waals surface area contributed by atoms with Crippen LogP contribution in [0.3, 0.4) is 0 Å². The summed E-state index contributed by atoms with van der Waals surface area (Å²) in [7, 11) is 1.45. The quantitative estimate of drug-likeness (QED) is 0.421. The summed E-state index contributed by atoms with van der Waals surface area (Å²) < 4.78 is 6.66. The van der Waals surface area contributed by atoms with Crippen LogP contribution in [0.25, 0.3) is 0 Å². The summed E-state index contributed by atoms with van der Waals surface area (Å²) in [5.41, 5.74) is 0.733. The van der Waals surface area contributed by atoms with Crippen molar-refractivity contribution in [1.29, 1.82) is 0 Å². The summed E-state index contributed by atoms with van der Waals surface area (Å²) in [5.74, 6) is 0.294. The van der Waals surface area contributed by atoms with Gasteiger partial charge in [0.1, 0.15) is 5.69 Å². The first-order valence-electron chi connectivity index (χ1n) is 5.51. The van der Waals surface area contributed by atoms with Gasteiger partial charge in [0, 0.05) is 16.7 Å². The van der Waals surface area contributed by atoms with E-state index in [0.29, 0.717) is 15.9 Å². The number of hydrogen-bond donors (Lipinski definition) is 0. The van der Waals surface area contributed by atoms with Crippen LogP contribution in [0.15, 0.2) is 10.5 Å². The Kier molecular flexibility index (Phi) is 4.31. The number of nitrogens with zero attached hydrogens (tertiary/aromatic N) is 2. The summed E-state index contributed by atoms with van der Waals surface area (Å²) in [6.45, 7) is 1.73. The van der Waals surface area contributed by atoms with Crippen molar-refractivity contribution in [2.45, 2.75) is 12.8 Å². The first-order valence-corrected chi connectivity index (χ1v) is 7.38. The Balaban J connectivity index is 2.65. The number of nitro groups is 1. The molecular weight excluding hydrogens is 415 g/mol. The molecule has 0 spiro atoms. The zero-order valence-corrected chi connectivity index (χ0v) is 13.5. The van der Waals surface area contributed by atoms with Gasteiger partial charge in [-0.15, -0.1) is 0 Å². The standard InChI is InChI=1S/C11H12BrIN2O3/c1-18-11-7(12)6-8(13)9(10(11)15(16)17)14-4-2-3-5-14/h6H,2-5H2,1H3. The minimum absolute atomic E-state index is 0.0539. The van der Waals surface area contributed by atoms with Gasteiger partial charge in [-0.3, -0.25) is 10.1 Å². The molecule has 98 valence electrons. The fraction of sp³-hybridized carbons (Fsp3) is 0.455. The number of rotatable bonds is 3. The zero-order chi connectivity index (χ0) is 13.3. The average molecular weight is 427 g/mol. The van der Waals surface area contributed by atoms with Crippen molar-refractivity contribution >= 4 is 49.9 Å². The maximum absolute atomic E-state index is 11.3. The zero-order valence-electron chi connectivity index (χ0n) is 9.78. The molecule has 0 saturated carbocycles. The lowest BCUT2D eigenvalue weighted by atomic mass is 10.2. The van der Waals surface area contributed by atoms with E-state index in [1.54, 1.807) is 0 Å². The van der Waals surface area contributed by atoms with Gasteiger partial charge in [0.2, 0.25) is 5.75 Å². The van der Waals surface area contributed by atoms with Gasteiger partial charge in [0.05, 0.1) is 16.5 Å². The highest BCUT2D eigenvalue weighted by Crippen LogP contribution is 2.46. The number of benzene rings is 1. The van der Waals surface area contributed by atoms with Gasteiger partial charge in [-0.1, -0.05) is 0 Å². The van der Waals surface area contributed by atoms with Crippen LogP contribution in [0.5, 0.6) is 5.75 Å². The molecule has 0 N–H and O–H groups in total. The van der Waals surface area contributed by atoms with Gasteiger partial charge in [-0.2, -0.15) is 0 Å². The highest BCUT2D eigenvalue weighted by atomic mass is 127. The molecule has 7 heteroatoms. The number of anilines is 1. The summed E-state index contributed by atoms with van der Waals surface area (Å²) in [5, 5.41) is 11.3. The van der Waals surface area contributed by atoms with E-state index >= 15 is 0 Å². The third-order valence-corrected chi connectivity index (χ3v) is 4.36. The fourth-order valence-electron chi connectivity index (χ4n) is 2.18. The minimum atomic E-state index is -0.362. The summed E-state index contributed by atoms with van der Waals surface area (Å²) in [6, 6.07) is 1.86. The van der Waals surface area contributed by atoms with Gasteiger partial charge in [-0.05, 0) is 57.4 Å². The van der Waals surface area contributed by atoms with Crippen molar-refractivity contribution in [2.24, 2.45) is 0 Å². The van der Waals surface area contributed by atoms with Crippen LogP contribution in [-0.4, -0.2) is 25.1 Å². The molecule has 0 radical (unpaired) electrons. The SMILES string of the molecule is COc1c(Br)cc(I)c(N2CCCC2)c1[N+](=O)[O-]. The molecule has 0 aliphatic carbocycles. The van der Waals surface area contributed by atoms with E-state index in [2.05, 4.69) is 43.4 Å². The molecule has 0 bridgehead atoms. The molecule has 0 atom stereocenters. The molecule has 1 heterocycles. The normalized spacial score (nSPS) is 14.9. The van der Waals surface area contributed by atoms with Gasteiger partial charge in [0.15, 0.2) is 0 Å². The topological polar surface area (TPSA) is 55.6 Å². The van der Waals surface area contributed by atoms with Gasteiger partial charge in [0.25, 0.3) is 0 Å². The first-order chi connectivity index (χ1) is 8.56. The van der Waals surface area contributed by atoms with Crippen LogP contribution in [0, 0.1) is 13.7 Å². The van der Waals surface area contributed by atoms with Gasteiger partial charge < -0.3 is 9.64 Å². The smallest absolute Gasteiger partial charge is 0.336 e. The largest absolute Gasteiger partial charge is 0.489 e. The predicted octanol–water partition coefficient (Wildman–Crippen LogP) is 3.57. The van der Waals surface area contributed by atoms with Crippen molar-refractivity contribution in [3.8, 4) is 5.75 Å². The van der Waals surface area contributed by atoms with Crippen molar-refractivity contribution < 1.29 is 9.66 Å². The second-order valence-corrected chi connectivity index (χ2v) is 6.04. The van der Waals surface area contributed by atoms with Gasteiger partial charge in [-0.25, -0.2) is 0 Å². The molecule has 0 aromatic heterocycles. The summed E-state index contributed by atoms with van der Waals surface area (Å²) >= 11 is 5.45. The second-order valence-electron chi connectivity index (χ2n) is 4.02. The van der Waals surface area contributed by atoms with Crippen LogP contribution >= 0.6 is 38.5 Å². The monoisotopic (exact) mass is 426 g/mol. The van der Waals surface area contributed by atoms with Crippen LogP contribution in [0.1, 0.15) is 12.8 Å². The third-order valence-electron chi connectivity index (χ3n) is 2.94. The van der Waals surface area contributed by atoms with Crippen molar-refractivity contribution in [1.82, 2.24) is 0 Å². The lowest BCUT2D eigenvalue weighted by Gasteiger charge is -2.20. The number of nitro benzene ring substituents is 1. The van der Waals surface area contributed by atoms with Gasteiger partial charge >= 0.3 is 5.69 Å². The predicted molar refractivity (Wildman–Crippen MR) is 81.5 cm³/mol. The van der Waals surface area contributed by atoms with Crippen LogP contribution in [0.2, 0.25) is 0 Å². The Morgan fingerprint density at radius 1 is 1.50 bits per heavy atom. The van der Waals surface area contributed by atoms with Crippen LogP contribution in [0.4, 0.5) is 11.4 Å². The molecule has 1 fully saturated rings. The van der Waals surface area contributed by atoms with Crippen molar-refractivity contribution in [3.05, 3.63) is 24.2 Å². The summed E-state index contributed by atoms with van der Waals surface area (Å²) in [6.07, 6.45) is 2.15. The highest BCUT2D eigenvalue weighted by Gasteiger charge is 2.31. The fourth-order valence-corrected chi connectivity index (χ4v) is 4.10.